The SMILES string of the molecule is Cc1nn(-c2ccccc2)c2nc(C3CC3)cc(C(=O)NCC(C)c3ccccc3)c12. The van der Waals surface area contributed by atoms with Crippen LogP contribution in [0.2, 0.25) is 0 Å². The van der Waals surface area contributed by atoms with Crippen LogP contribution in [0, 0.1) is 6.92 Å². The molecule has 2 heterocycles. The molecule has 1 amide bonds. The second-order valence-electron chi connectivity index (χ2n) is 8.42. The summed E-state index contributed by atoms with van der Waals surface area (Å²) in [5.74, 6) is 0.616. The Morgan fingerprint density at radius 3 is 2.45 bits per heavy atom. The average Bonchev–Trinajstić information content (AvgIpc) is 3.61. The van der Waals surface area contributed by atoms with Crippen molar-refractivity contribution in [2.45, 2.75) is 38.5 Å². The van der Waals surface area contributed by atoms with Crippen LogP contribution in [-0.4, -0.2) is 27.2 Å². The van der Waals surface area contributed by atoms with E-state index >= 15 is 0 Å². The molecule has 1 unspecified atom stereocenters. The Hall–Kier alpha value is -3.47. The highest BCUT2D eigenvalue weighted by Gasteiger charge is 2.29. The first-order valence-electron chi connectivity index (χ1n) is 10.9. The van der Waals surface area contributed by atoms with Crippen molar-refractivity contribution in [3.63, 3.8) is 0 Å². The maximum Gasteiger partial charge on any atom is 0.252 e. The van der Waals surface area contributed by atoms with Crippen LogP contribution in [0.3, 0.4) is 0 Å². The van der Waals surface area contributed by atoms with Gasteiger partial charge in [0.1, 0.15) is 0 Å². The number of carbonyl (C=O) groups is 1. The van der Waals surface area contributed by atoms with Crippen molar-refractivity contribution in [1.29, 1.82) is 0 Å². The Balaban J connectivity index is 1.52. The van der Waals surface area contributed by atoms with Gasteiger partial charge < -0.3 is 5.32 Å². The van der Waals surface area contributed by atoms with Gasteiger partial charge in [0, 0.05) is 18.2 Å². The first-order valence-corrected chi connectivity index (χ1v) is 10.9. The topological polar surface area (TPSA) is 59.8 Å². The minimum Gasteiger partial charge on any atom is -0.351 e. The maximum atomic E-state index is 13.3. The summed E-state index contributed by atoms with van der Waals surface area (Å²) in [6, 6.07) is 22.2. The van der Waals surface area contributed by atoms with Crippen LogP contribution in [0.25, 0.3) is 16.7 Å². The van der Waals surface area contributed by atoms with E-state index in [1.807, 2.05) is 66.2 Å². The number of hydrogen-bond donors (Lipinski definition) is 1. The molecule has 5 heteroatoms. The van der Waals surface area contributed by atoms with E-state index in [9.17, 15) is 4.79 Å². The smallest absolute Gasteiger partial charge is 0.252 e. The summed E-state index contributed by atoms with van der Waals surface area (Å²) in [7, 11) is 0. The molecule has 0 spiro atoms. The lowest BCUT2D eigenvalue weighted by molar-refractivity contribution is 0.0953. The van der Waals surface area contributed by atoms with E-state index < -0.39 is 0 Å². The van der Waals surface area contributed by atoms with Crippen LogP contribution in [0.15, 0.2) is 66.7 Å². The molecular weight excluding hydrogens is 384 g/mol. The Labute approximate surface area is 182 Å². The Bertz CT molecular complexity index is 1230. The van der Waals surface area contributed by atoms with E-state index in [-0.39, 0.29) is 11.8 Å². The Morgan fingerprint density at radius 1 is 1.10 bits per heavy atom. The summed E-state index contributed by atoms with van der Waals surface area (Å²) < 4.78 is 1.86. The summed E-state index contributed by atoms with van der Waals surface area (Å²) in [6.45, 7) is 4.66. The number of carbonyl (C=O) groups excluding carboxylic acids is 1. The van der Waals surface area contributed by atoms with Gasteiger partial charge in [0.15, 0.2) is 5.65 Å². The van der Waals surface area contributed by atoms with E-state index in [1.54, 1.807) is 0 Å². The van der Waals surface area contributed by atoms with Crippen molar-refractivity contribution in [1.82, 2.24) is 20.1 Å². The molecule has 4 aromatic rings. The predicted octanol–water partition coefficient (Wildman–Crippen LogP) is 5.14. The van der Waals surface area contributed by atoms with Crippen LogP contribution in [-0.2, 0) is 0 Å². The summed E-state index contributed by atoms with van der Waals surface area (Å²) >= 11 is 0. The molecular formula is C26H26N4O. The largest absolute Gasteiger partial charge is 0.351 e. The molecule has 1 aliphatic carbocycles. The molecule has 5 nitrogen and oxygen atoms in total. The highest BCUT2D eigenvalue weighted by molar-refractivity contribution is 6.06. The lowest BCUT2D eigenvalue weighted by Crippen LogP contribution is -2.28. The van der Waals surface area contributed by atoms with Crippen molar-refractivity contribution >= 4 is 16.9 Å². The van der Waals surface area contributed by atoms with Gasteiger partial charge in [0.2, 0.25) is 0 Å². The minimum absolute atomic E-state index is 0.0622. The van der Waals surface area contributed by atoms with Crippen molar-refractivity contribution in [3.05, 3.63) is 89.2 Å². The van der Waals surface area contributed by atoms with Crippen LogP contribution < -0.4 is 5.32 Å². The third-order valence-electron chi connectivity index (χ3n) is 6.01. The fraction of sp³-hybridized carbons (Fsp3) is 0.269. The van der Waals surface area contributed by atoms with Crippen molar-refractivity contribution in [2.24, 2.45) is 0 Å². The molecule has 1 saturated carbocycles. The summed E-state index contributed by atoms with van der Waals surface area (Å²) in [6.07, 6.45) is 2.26. The molecule has 2 aromatic carbocycles. The van der Waals surface area contributed by atoms with Gasteiger partial charge in [-0.1, -0.05) is 55.5 Å². The lowest BCUT2D eigenvalue weighted by atomic mass is 10.0. The number of hydrogen-bond acceptors (Lipinski definition) is 3. The molecule has 0 aliphatic heterocycles. The number of rotatable bonds is 6. The number of fused-ring (bicyclic) bond motifs is 1. The number of benzene rings is 2. The van der Waals surface area contributed by atoms with Gasteiger partial charge >= 0.3 is 0 Å². The fourth-order valence-electron chi connectivity index (χ4n) is 4.07. The molecule has 1 fully saturated rings. The second-order valence-corrected chi connectivity index (χ2v) is 8.42. The Kier molecular flexibility index (Phi) is 5.02. The summed E-state index contributed by atoms with van der Waals surface area (Å²) in [5, 5.41) is 8.72. The molecule has 0 radical (unpaired) electrons. The molecule has 5 rings (SSSR count). The molecule has 1 aliphatic rings. The molecule has 0 bridgehead atoms. The molecule has 1 N–H and O–H groups in total. The monoisotopic (exact) mass is 410 g/mol. The Morgan fingerprint density at radius 2 is 1.77 bits per heavy atom. The highest BCUT2D eigenvalue weighted by Crippen LogP contribution is 2.40. The van der Waals surface area contributed by atoms with Gasteiger partial charge in [-0.15, -0.1) is 0 Å². The number of aromatic nitrogens is 3. The number of aryl methyl sites for hydroxylation is 1. The second kappa shape index (κ2) is 7.99. The minimum atomic E-state index is -0.0622. The van der Waals surface area contributed by atoms with Gasteiger partial charge in [-0.2, -0.15) is 5.10 Å². The average molecular weight is 411 g/mol. The first kappa shape index (κ1) is 19.5. The van der Waals surface area contributed by atoms with E-state index in [2.05, 4.69) is 24.4 Å². The van der Waals surface area contributed by atoms with Crippen molar-refractivity contribution < 1.29 is 4.79 Å². The molecule has 156 valence electrons. The number of para-hydroxylation sites is 1. The van der Waals surface area contributed by atoms with Crippen molar-refractivity contribution in [2.75, 3.05) is 6.54 Å². The zero-order valence-corrected chi connectivity index (χ0v) is 17.9. The lowest BCUT2D eigenvalue weighted by Gasteiger charge is -2.14. The third kappa shape index (κ3) is 3.83. The van der Waals surface area contributed by atoms with E-state index in [1.165, 1.54) is 5.56 Å². The number of amides is 1. The zero-order valence-electron chi connectivity index (χ0n) is 17.9. The summed E-state index contributed by atoms with van der Waals surface area (Å²) in [4.78, 5) is 18.3. The molecule has 0 saturated heterocycles. The zero-order chi connectivity index (χ0) is 21.4. The van der Waals surface area contributed by atoms with Crippen LogP contribution in [0.1, 0.15) is 58.9 Å². The molecule has 1 atom stereocenters. The van der Waals surface area contributed by atoms with Crippen LogP contribution in [0.4, 0.5) is 0 Å². The molecule has 2 aromatic heterocycles. The van der Waals surface area contributed by atoms with Crippen LogP contribution >= 0.6 is 0 Å². The van der Waals surface area contributed by atoms with Gasteiger partial charge in [0.05, 0.1) is 22.3 Å². The van der Waals surface area contributed by atoms with Gasteiger partial charge in [-0.25, -0.2) is 9.67 Å². The quantitative estimate of drug-likeness (QED) is 0.479. The summed E-state index contributed by atoms with van der Waals surface area (Å²) in [5.41, 5.74) is 5.40. The molecule has 31 heavy (non-hydrogen) atoms. The van der Waals surface area contributed by atoms with Gasteiger partial charge in [-0.3, -0.25) is 4.79 Å². The predicted molar refractivity (Wildman–Crippen MR) is 123 cm³/mol. The third-order valence-corrected chi connectivity index (χ3v) is 6.01. The number of pyridine rings is 1. The number of nitrogens with zero attached hydrogens (tertiary/aromatic N) is 3. The number of nitrogens with one attached hydrogen (secondary N) is 1. The highest BCUT2D eigenvalue weighted by atomic mass is 16.1. The van der Waals surface area contributed by atoms with Crippen LogP contribution in [0.5, 0.6) is 0 Å². The fourth-order valence-corrected chi connectivity index (χ4v) is 4.07. The van der Waals surface area contributed by atoms with Crippen molar-refractivity contribution in [3.8, 4) is 5.69 Å². The first-order chi connectivity index (χ1) is 15.1. The van der Waals surface area contributed by atoms with E-state index in [0.717, 1.165) is 41.0 Å². The normalized spacial score (nSPS) is 14.5. The van der Waals surface area contributed by atoms with Gasteiger partial charge in [0.25, 0.3) is 5.91 Å². The maximum absolute atomic E-state index is 13.3. The van der Waals surface area contributed by atoms with Gasteiger partial charge in [-0.05, 0) is 49.4 Å². The van der Waals surface area contributed by atoms with E-state index in [4.69, 9.17) is 10.1 Å². The van der Waals surface area contributed by atoms with E-state index in [0.29, 0.717) is 18.0 Å². The standard InChI is InChI=1S/C26H26N4O/c1-17(19-9-5-3-6-10-19)16-27-26(31)22-15-23(20-13-14-20)28-25-24(22)18(2)29-30(25)21-11-7-4-8-12-21/h3-12,15,17,20H,13-14,16H2,1-2H3,(H,27,31).